The van der Waals surface area contributed by atoms with Crippen molar-refractivity contribution in [1.29, 1.82) is 0 Å². The molecule has 1 aliphatic rings. The highest BCUT2D eigenvalue weighted by Gasteiger charge is 2.17. The number of anilines is 4. The predicted octanol–water partition coefficient (Wildman–Crippen LogP) is 2.14. The topological polar surface area (TPSA) is 99.2 Å². The summed E-state index contributed by atoms with van der Waals surface area (Å²) in [4.78, 5) is 34.5. The first-order valence-corrected chi connectivity index (χ1v) is 10.3. The first-order chi connectivity index (χ1) is 14.5. The molecule has 2 aromatic heterocycles. The molecule has 11 heteroatoms. The van der Waals surface area contributed by atoms with Gasteiger partial charge >= 0.3 is 0 Å². The second-order valence-corrected chi connectivity index (χ2v) is 8.01. The first kappa shape index (κ1) is 20.1. The molecule has 0 aliphatic carbocycles. The molecule has 0 saturated carbocycles. The van der Waals surface area contributed by atoms with Crippen molar-refractivity contribution < 1.29 is 9.18 Å². The number of carbonyl (C=O) groups excluding carboxylic acids is 1. The van der Waals surface area contributed by atoms with E-state index in [-0.39, 0.29) is 12.3 Å². The fourth-order valence-corrected chi connectivity index (χ4v) is 3.78. The number of benzene rings is 1. The van der Waals surface area contributed by atoms with Crippen molar-refractivity contribution in [3.63, 3.8) is 0 Å². The van der Waals surface area contributed by atoms with Gasteiger partial charge in [-0.05, 0) is 25.2 Å². The lowest BCUT2D eigenvalue weighted by Crippen LogP contribution is -2.45. The largest absolute Gasteiger partial charge is 0.338 e. The second-order valence-electron chi connectivity index (χ2n) is 6.89. The highest BCUT2D eigenvalue weighted by atomic mass is 32.1. The van der Waals surface area contributed by atoms with Crippen LogP contribution in [-0.2, 0) is 11.2 Å². The van der Waals surface area contributed by atoms with Gasteiger partial charge in [0.15, 0.2) is 5.13 Å². The summed E-state index contributed by atoms with van der Waals surface area (Å²) in [6, 6.07) is 5.79. The molecule has 4 rings (SSSR count). The Hall–Kier alpha value is -3.18. The van der Waals surface area contributed by atoms with Crippen molar-refractivity contribution in [2.24, 2.45) is 0 Å². The van der Waals surface area contributed by atoms with Crippen molar-refractivity contribution >= 4 is 40.0 Å². The predicted molar refractivity (Wildman–Crippen MR) is 114 cm³/mol. The van der Waals surface area contributed by atoms with Crippen molar-refractivity contribution in [2.75, 3.05) is 48.8 Å². The minimum atomic E-state index is -0.398. The molecule has 1 fully saturated rings. The molecule has 0 spiro atoms. The zero-order valence-electron chi connectivity index (χ0n) is 16.4. The average Bonchev–Trinajstić information content (AvgIpc) is 3.15. The number of carbonyl (C=O) groups is 1. The third-order valence-electron chi connectivity index (χ3n) is 4.56. The van der Waals surface area contributed by atoms with Crippen LogP contribution in [0.4, 0.5) is 27.1 Å². The number of amides is 1. The number of rotatable bonds is 6. The number of aromatic nitrogens is 4. The quantitative estimate of drug-likeness (QED) is 0.616. The summed E-state index contributed by atoms with van der Waals surface area (Å²) in [5.74, 6) is 0.398. The molecule has 3 heterocycles. The highest BCUT2D eigenvalue weighted by Crippen LogP contribution is 2.22. The number of halogens is 1. The van der Waals surface area contributed by atoms with Crippen LogP contribution in [0.5, 0.6) is 0 Å². The van der Waals surface area contributed by atoms with Gasteiger partial charge in [0.2, 0.25) is 17.8 Å². The Kier molecular flexibility index (Phi) is 6.10. The van der Waals surface area contributed by atoms with E-state index in [1.54, 1.807) is 18.3 Å². The van der Waals surface area contributed by atoms with Gasteiger partial charge in [0, 0.05) is 42.9 Å². The minimum absolute atomic E-state index is 0.138. The molecule has 0 radical (unpaired) electrons. The molecular formula is C19H21FN8OS. The number of piperazine rings is 1. The SMILES string of the molecule is CN1CCN(c2ncnc(Nc3ncc(CC(=O)Nc4cccc(F)c4)s3)n2)CC1. The molecule has 1 saturated heterocycles. The van der Waals surface area contributed by atoms with Crippen molar-refractivity contribution in [3.05, 3.63) is 47.5 Å². The molecule has 9 nitrogen and oxygen atoms in total. The van der Waals surface area contributed by atoms with Crippen LogP contribution in [0.2, 0.25) is 0 Å². The molecule has 1 aromatic carbocycles. The summed E-state index contributed by atoms with van der Waals surface area (Å²) >= 11 is 1.33. The van der Waals surface area contributed by atoms with Crippen LogP contribution < -0.4 is 15.5 Å². The Morgan fingerprint density at radius 3 is 2.83 bits per heavy atom. The molecule has 0 atom stereocenters. The van der Waals surface area contributed by atoms with Gasteiger partial charge in [0.1, 0.15) is 12.1 Å². The Balaban J connectivity index is 1.35. The smallest absolute Gasteiger partial charge is 0.233 e. The Bertz CT molecular complexity index is 1020. The standard InChI is InChI=1S/C19H21FN8OS/c1-27-5-7-28(8-6-27)18-23-12-22-17(25-18)26-19-21-11-15(30-19)10-16(29)24-14-4-2-3-13(20)9-14/h2-4,9,11-12H,5-8,10H2,1H3,(H,24,29)(H,21,22,23,25,26). The molecule has 2 N–H and O–H groups in total. The molecule has 3 aromatic rings. The van der Waals surface area contributed by atoms with Gasteiger partial charge in [-0.1, -0.05) is 6.07 Å². The monoisotopic (exact) mass is 428 g/mol. The maximum atomic E-state index is 13.2. The lowest BCUT2D eigenvalue weighted by atomic mass is 10.3. The van der Waals surface area contributed by atoms with Gasteiger partial charge in [0.05, 0.1) is 6.42 Å². The maximum Gasteiger partial charge on any atom is 0.233 e. The Morgan fingerprint density at radius 2 is 2.03 bits per heavy atom. The Morgan fingerprint density at radius 1 is 1.20 bits per heavy atom. The summed E-state index contributed by atoms with van der Waals surface area (Å²) in [6.07, 6.45) is 3.24. The van der Waals surface area contributed by atoms with Gasteiger partial charge in [0.25, 0.3) is 0 Å². The van der Waals surface area contributed by atoms with Gasteiger partial charge in [-0.2, -0.15) is 4.98 Å². The lowest BCUT2D eigenvalue weighted by Gasteiger charge is -2.32. The van der Waals surface area contributed by atoms with E-state index >= 15 is 0 Å². The second kappa shape index (κ2) is 9.09. The molecule has 30 heavy (non-hydrogen) atoms. The Labute approximate surface area is 177 Å². The van der Waals surface area contributed by atoms with Gasteiger partial charge in [-0.15, -0.1) is 11.3 Å². The summed E-state index contributed by atoms with van der Waals surface area (Å²) in [6.45, 7) is 3.65. The van der Waals surface area contributed by atoms with E-state index in [0.29, 0.717) is 22.7 Å². The molecule has 1 amide bonds. The minimum Gasteiger partial charge on any atom is -0.338 e. The van der Waals surface area contributed by atoms with E-state index < -0.39 is 5.82 Å². The summed E-state index contributed by atoms with van der Waals surface area (Å²) in [5, 5.41) is 6.33. The van der Waals surface area contributed by atoms with Gasteiger partial charge in [-0.25, -0.2) is 19.3 Å². The van der Waals surface area contributed by atoms with E-state index in [1.165, 1.54) is 29.8 Å². The van der Waals surface area contributed by atoms with E-state index in [9.17, 15) is 9.18 Å². The molecular weight excluding hydrogens is 407 g/mol. The highest BCUT2D eigenvalue weighted by molar-refractivity contribution is 7.15. The van der Waals surface area contributed by atoms with Gasteiger partial charge in [-0.3, -0.25) is 10.1 Å². The van der Waals surface area contributed by atoms with Crippen LogP contribution in [0.1, 0.15) is 4.88 Å². The van der Waals surface area contributed by atoms with E-state index in [1.807, 2.05) is 0 Å². The third kappa shape index (κ3) is 5.24. The van der Waals surface area contributed by atoms with Crippen LogP contribution in [0, 0.1) is 5.82 Å². The van der Waals surface area contributed by atoms with Crippen LogP contribution in [0.3, 0.4) is 0 Å². The number of hydrogen-bond acceptors (Lipinski definition) is 9. The maximum absolute atomic E-state index is 13.2. The zero-order chi connectivity index (χ0) is 20.9. The fraction of sp³-hybridized carbons (Fsp3) is 0.316. The summed E-state index contributed by atoms with van der Waals surface area (Å²) < 4.78 is 13.2. The van der Waals surface area contributed by atoms with Crippen LogP contribution in [0.25, 0.3) is 0 Å². The lowest BCUT2D eigenvalue weighted by molar-refractivity contribution is -0.115. The number of nitrogens with zero attached hydrogens (tertiary/aromatic N) is 6. The average molecular weight is 428 g/mol. The third-order valence-corrected chi connectivity index (χ3v) is 5.47. The van der Waals surface area contributed by atoms with Gasteiger partial charge < -0.3 is 15.1 Å². The normalized spacial score (nSPS) is 14.5. The molecule has 0 unspecified atom stereocenters. The molecule has 1 aliphatic heterocycles. The fourth-order valence-electron chi connectivity index (χ4n) is 2.98. The van der Waals surface area contributed by atoms with Crippen LogP contribution >= 0.6 is 11.3 Å². The van der Waals surface area contributed by atoms with E-state index in [2.05, 4.69) is 47.4 Å². The summed E-state index contributed by atoms with van der Waals surface area (Å²) in [7, 11) is 2.09. The number of likely N-dealkylation sites (N-methyl/N-ethyl adjacent to an activating group) is 1. The number of thiazole rings is 1. The number of nitrogens with one attached hydrogen (secondary N) is 2. The van der Waals surface area contributed by atoms with Crippen molar-refractivity contribution in [2.45, 2.75) is 6.42 Å². The molecule has 156 valence electrons. The van der Waals surface area contributed by atoms with Crippen LogP contribution in [-0.4, -0.2) is 64.0 Å². The van der Waals surface area contributed by atoms with Crippen molar-refractivity contribution in [3.8, 4) is 0 Å². The van der Waals surface area contributed by atoms with E-state index in [4.69, 9.17) is 0 Å². The van der Waals surface area contributed by atoms with Crippen molar-refractivity contribution in [1.82, 2.24) is 24.8 Å². The number of hydrogen-bond donors (Lipinski definition) is 2. The first-order valence-electron chi connectivity index (χ1n) is 9.45. The molecule has 0 bridgehead atoms. The van der Waals surface area contributed by atoms with Crippen LogP contribution in [0.15, 0.2) is 36.8 Å². The zero-order valence-corrected chi connectivity index (χ0v) is 17.2. The summed E-state index contributed by atoms with van der Waals surface area (Å²) in [5.41, 5.74) is 0.421. The van der Waals surface area contributed by atoms with E-state index in [0.717, 1.165) is 31.1 Å².